The summed E-state index contributed by atoms with van der Waals surface area (Å²) in [6.45, 7) is 0.566. The quantitative estimate of drug-likeness (QED) is 0.652. The van der Waals surface area contributed by atoms with E-state index in [0.717, 1.165) is 5.69 Å². The summed E-state index contributed by atoms with van der Waals surface area (Å²) >= 11 is 6.35. The zero-order valence-electron chi connectivity index (χ0n) is 16.1. The molecule has 156 valence electrons. The van der Waals surface area contributed by atoms with Crippen LogP contribution < -0.4 is 5.32 Å². The molecule has 1 aliphatic rings. The topological polar surface area (TPSA) is 84.3 Å². The lowest BCUT2D eigenvalue weighted by atomic mass is 9.98. The van der Waals surface area contributed by atoms with Gasteiger partial charge in [-0.2, -0.15) is 4.31 Å². The highest BCUT2D eigenvalue weighted by atomic mass is 35.5. The Hall–Kier alpha value is -2.68. The molecule has 1 atom stereocenters. The van der Waals surface area contributed by atoms with Gasteiger partial charge in [0.2, 0.25) is 15.9 Å². The highest BCUT2D eigenvalue weighted by molar-refractivity contribution is 7.89. The predicted octanol–water partition coefficient (Wildman–Crippen LogP) is 3.57. The van der Waals surface area contributed by atoms with Crippen LogP contribution in [0.25, 0.3) is 5.69 Å². The first-order chi connectivity index (χ1) is 14.4. The Balaban J connectivity index is 1.46. The van der Waals surface area contributed by atoms with Crippen LogP contribution in [0.4, 0.5) is 5.69 Å². The van der Waals surface area contributed by atoms with Crippen LogP contribution in [-0.4, -0.2) is 41.3 Å². The number of halogens is 1. The first kappa shape index (κ1) is 20.6. The summed E-state index contributed by atoms with van der Waals surface area (Å²) in [6.07, 6.45) is 6.34. The number of hydrogen-bond acceptors (Lipinski definition) is 4. The minimum Gasteiger partial charge on any atom is -0.326 e. The lowest BCUT2D eigenvalue weighted by molar-refractivity contribution is -0.120. The molecule has 0 spiro atoms. The molecular weight excluding hydrogens is 424 g/mol. The fraction of sp³-hybridized carbons (Fsp3) is 0.238. The number of anilines is 1. The van der Waals surface area contributed by atoms with E-state index in [1.165, 1.54) is 4.31 Å². The van der Waals surface area contributed by atoms with E-state index in [2.05, 4.69) is 10.3 Å². The van der Waals surface area contributed by atoms with Gasteiger partial charge in [0.05, 0.1) is 27.9 Å². The third-order valence-corrected chi connectivity index (χ3v) is 7.32. The molecule has 0 saturated carbocycles. The Morgan fingerprint density at radius 2 is 1.97 bits per heavy atom. The fourth-order valence-electron chi connectivity index (χ4n) is 3.56. The predicted molar refractivity (Wildman–Crippen MR) is 115 cm³/mol. The van der Waals surface area contributed by atoms with Gasteiger partial charge in [-0.3, -0.25) is 4.79 Å². The van der Waals surface area contributed by atoms with Crippen LogP contribution in [0.5, 0.6) is 0 Å². The van der Waals surface area contributed by atoms with Gasteiger partial charge in [0.25, 0.3) is 0 Å². The van der Waals surface area contributed by atoms with Crippen molar-refractivity contribution < 1.29 is 13.2 Å². The van der Waals surface area contributed by atoms with Crippen LogP contribution in [0.15, 0.2) is 72.1 Å². The number of carbonyl (C=O) groups excluding carboxylic acids is 1. The SMILES string of the molecule is O=C(Nc1ccc(-n2ccnc2)c(Cl)c1)C1CCCN(S(=O)(=O)c2ccccc2)C1. The number of carbonyl (C=O) groups is 1. The molecule has 9 heteroatoms. The molecule has 4 rings (SSSR count). The molecule has 1 aromatic heterocycles. The summed E-state index contributed by atoms with van der Waals surface area (Å²) in [5.74, 6) is -0.640. The molecule has 2 aromatic carbocycles. The second kappa shape index (κ2) is 8.59. The highest BCUT2D eigenvalue weighted by Crippen LogP contribution is 2.27. The molecule has 1 N–H and O–H groups in total. The standard InChI is InChI=1S/C21H21ClN4O3S/c22-19-13-17(8-9-20(19)25-12-10-23-15-25)24-21(27)16-5-4-11-26(14-16)30(28,29)18-6-2-1-3-7-18/h1-3,6-10,12-13,15-16H,4-5,11,14H2,(H,24,27). The zero-order chi connectivity index (χ0) is 21.1. The van der Waals surface area contributed by atoms with Crippen LogP contribution in [0.2, 0.25) is 5.02 Å². The average molecular weight is 445 g/mol. The van der Waals surface area contributed by atoms with Gasteiger partial charge in [0.1, 0.15) is 0 Å². The Morgan fingerprint density at radius 3 is 2.67 bits per heavy atom. The van der Waals surface area contributed by atoms with E-state index < -0.39 is 15.9 Å². The van der Waals surface area contributed by atoms with Crippen molar-refractivity contribution in [2.24, 2.45) is 5.92 Å². The van der Waals surface area contributed by atoms with E-state index in [9.17, 15) is 13.2 Å². The summed E-state index contributed by atoms with van der Waals surface area (Å²) in [5, 5.41) is 3.34. The van der Waals surface area contributed by atoms with Crippen molar-refractivity contribution in [2.75, 3.05) is 18.4 Å². The van der Waals surface area contributed by atoms with E-state index >= 15 is 0 Å². The molecule has 1 saturated heterocycles. The fourth-order valence-corrected chi connectivity index (χ4v) is 5.38. The number of sulfonamides is 1. The molecule has 30 heavy (non-hydrogen) atoms. The monoisotopic (exact) mass is 444 g/mol. The van der Waals surface area contributed by atoms with Crippen LogP contribution in [0.1, 0.15) is 12.8 Å². The van der Waals surface area contributed by atoms with Gasteiger partial charge >= 0.3 is 0 Å². The number of hydrogen-bond donors (Lipinski definition) is 1. The van der Waals surface area contributed by atoms with Crippen molar-refractivity contribution >= 4 is 33.2 Å². The normalized spacial score (nSPS) is 17.6. The van der Waals surface area contributed by atoms with E-state index in [1.54, 1.807) is 71.8 Å². The molecule has 2 heterocycles. The Kier molecular flexibility index (Phi) is 5.90. The molecule has 3 aromatic rings. The van der Waals surface area contributed by atoms with Crippen molar-refractivity contribution in [1.82, 2.24) is 13.9 Å². The number of benzene rings is 2. The first-order valence-electron chi connectivity index (χ1n) is 9.59. The van der Waals surface area contributed by atoms with Gasteiger partial charge in [-0.15, -0.1) is 0 Å². The molecule has 1 fully saturated rings. The van der Waals surface area contributed by atoms with Crippen LogP contribution in [0, 0.1) is 5.92 Å². The van der Waals surface area contributed by atoms with Gasteiger partial charge in [0, 0.05) is 31.2 Å². The third-order valence-electron chi connectivity index (χ3n) is 5.13. The van der Waals surface area contributed by atoms with E-state index in [0.29, 0.717) is 30.1 Å². The molecule has 0 aliphatic carbocycles. The van der Waals surface area contributed by atoms with Gasteiger partial charge in [-0.25, -0.2) is 13.4 Å². The molecule has 7 nitrogen and oxygen atoms in total. The van der Waals surface area contributed by atoms with Crippen molar-refractivity contribution in [2.45, 2.75) is 17.7 Å². The number of imidazole rings is 1. The Morgan fingerprint density at radius 1 is 1.17 bits per heavy atom. The average Bonchev–Trinajstić information content (AvgIpc) is 3.29. The second-order valence-corrected chi connectivity index (χ2v) is 9.49. The molecule has 1 aliphatic heterocycles. The van der Waals surface area contributed by atoms with Crippen LogP contribution >= 0.6 is 11.6 Å². The molecular formula is C21H21ClN4O3S. The van der Waals surface area contributed by atoms with E-state index in [1.807, 2.05) is 0 Å². The summed E-state index contributed by atoms with van der Waals surface area (Å²) in [5.41, 5.74) is 1.32. The lowest BCUT2D eigenvalue weighted by Crippen LogP contribution is -2.43. The Bertz CT molecular complexity index is 1130. The van der Waals surface area contributed by atoms with Crippen molar-refractivity contribution in [3.05, 3.63) is 72.3 Å². The minimum absolute atomic E-state index is 0.157. The number of nitrogens with zero attached hydrogens (tertiary/aromatic N) is 3. The first-order valence-corrected chi connectivity index (χ1v) is 11.4. The van der Waals surface area contributed by atoms with E-state index in [4.69, 9.17) is 11.6 Å². The number of aromatic nitrogens is 2. The molecule has 1 unspecified atom stereocenters. The third kappa shape index (κ3) is 4.26. The van der Waals surface area contributed by atoms with Gasteiger partial charge in [-0.1, -0.05) is 29.8 Å². The van der Waals surface area contributed by atoms with Gasteiger partial charge < -0.3 is 9.88 Å². The maximum absolute atomic E-state index is 12.9. The minimum atomic E-state index is -3.62. The second-order valence-electron chi connectivity index (χ2n) is 7.14. The van der Waals surface area contributed by atoms with Crippen molar-refractivity contribution in [3.8, 4) is 5.69 Å². The highest BCUT2D eigenvalue weighted by Gasteiger charge is 2.33. The maximum atomic E-state index is 12.9. The van der Waals surface area contributed by atoms with Gasteiger partial charge in [0.15, 0.2) is 0 Å². The number of rotatable bonds is 5. The van der Waals surface area contributed by atoms with Crippen LogP contribution in [-0.2, 0) is 14.8 Å². The summed E-state index contributed by atoms with van der Waals surface area (Å²) in [6, 6.07) is 13.5. The smallest absolute Gasteiger partial charge is 0.243 e. The summed E-state index contributed by atoms with van der Waals surface area (Å²) < 4.78 is 28.9. The summed E-state index contributed by atoms with van der Waals surface area (Å²) in [7, 11) is -3.62. The Labute approximate surface area is 180 Å². The van der Waals surface area contributed by atoms with Crippen LogP contribution in [0.3, 0.4) is 0 Å². The number of nitrogens with one attached hydrogen (secondary N) is 1. The maximum Gasteiger partial charge on any atom is 0.243 e. The van der Waals surface area contributed by atoms with Gasteiger partial charge in [-0.05, 0) is 43.2 Å². The van der Waals surface area contributed by atoms with Crippen molar-refractivity contribution in [3.63, 3.8) is 0 Å². The summed E-state index contributed by atoms with van der Waals surface area (Å²) in [4.78, 5) is 17.1. The number of amides is 1. The molecule has 0 radical (unpaired) electrons. The van der Waals surface area contributed by atoms with E-state index in [-0.39, 0.29) is 17.3 Å². The zero-order valence-corrected chi connectivity index (χ0v) is 17.7. The largest absolute Gasteiger partial charge is 0.326 e. The number of piperidine rings is 1. The molecule has 0 bridgehead atoms. The molecule has 1 amide bonds. The van der Waals surface area contributed by atoms with Crippen molar-refractivity contribution in [1.29, 1.82) is 0 Å². The lowest BCUT2D eigenvalue weighted by Gasteiger charge is -2.31.